The predicted molar refractivity (Wildman–Crippen MR) is 65.9 cm³/mol. The van der Waals surface area contributed by atoms with Crippen molar-refractivity contribution < 1.29 is 5.11 Å². The Kier molecular flexibility index (Phi) is 2.53. The van der Waals surface area contributed by atoms with Crippen molar-refractivity contribution in [2.24, 2.45) is 0 Å². The zero-order valence-electron chi connectivity index (χ0n) is 9.43. The highest BCUT2D eigenvalue weighted by atomic mass is 16.3. The SMILES string of the molecule is Oc1ccc2c(c1)CCN[C@@H]2c1ccncc1. The summed E-state index contributed by atoms with van der Waals surface area (Å²) in [5.74, 6) is 0.346. The number of fused-ring (bicyclic) bond motifs is 1. The van der Waals surface area contributed by atoms with E-state index in [0.717, 1.165) is 13.0 Å². The van der Waals surface area contributed by atoms with E-state index in [1.165, 1.54) is 16.7 Å². The normalized spacial score (nSPS) is 18.7. The molecule has 2 heterocycles. The molecule has 0 aliphatic carbocycles. The van der Waals surface area contributed by atoms with Crippen LogP contribution in [0.2, 0.25) is 0 Å². The summed E-state index contributed by atoms with van der Waals surface area (Å²) in [5.41, 5.74) is 3.69. The van der Waals surface area contributed by atoms with Crippen LogP contribution in [-0.2, 0) is 6.42 Å². The number of pyridine rings is 1. The number of hydrogen-bond donors (Lipinski definition) is 2. The highest BCUT2D eigenvalue weighted by Gasteiger charge is 2.21. The van der Waals surface area contributed by atoms with Crippen molar-refractivity contribution in [1.82, 2.24) is 10.3 Å². The summed E-state index contributed by atoms with van der Waals surface area (Å²) in [7, 11) is 0. The van der Waals surface area contributed by atoms with E-state index < -0.39 is 0 Å². The van der Waals surface area contributed by atoms with Crippen molar-refractivity contribution in [1.29, 1.82) is 0 Å². The Morgan fingerprint density at radius 3 is 2.82 bits per heavy atom. The van der Waals surface area contributed by atoms with E-state index >= 15 is 0 Å². The lowest BCUT2D eigenvalue weighted by molar-refractivity contribution is 0.471. The van der Waals surface area contributed by atoms with Gasteiger partial charge in [-0.25, -0.2) is 0 Å². The van der Waals surface area contributed by atoms with Gasteiger partial charge in [0.25, 0.3) is 0 Å². The van der Waals surface area contributed by atoms with Crippen LogP contribution in [0.1, 0.15) is 22.7 Å². The molecule has 0 amide bonds. The van der Waals surface area contributed by atoms with Crippen molar-refractivity contribution in [3.8, 4) is 5.75 Å². The van der Waals surface area contributed by atoms with Crippen molar-refractivity contribution in [2.75, 3.05) is 6.54 Å². The smallest absolute Gasteiger partial charge is 0.115 e. The van der Waals surface area contributed by atoms with Gasteiger partial charge in [0.05, 0.1) is 6.04 Å². The van der Waals surface area contributed by atoms with Gasteiger partial charge < -0.3 is 10.4 Å². The highest BCUT2D eigenvalue weighted by molar-refractivity contribution is 5.42. The molecule has 1 aliphatic heterocycles. The maximum absolute atomic E-state index is 9.51. The molecular weight excluding hydrogens is 212 g/mol. The van der Waals surface area contributed by atoms with Gasteiger partial charge in [-0.05, 0) is 47.4 Å². The van der Waals surface area contributed by atoms with Crippen LogP contribution in [0.25, 0.3) is 0 Å². The monoisotopic (exact) mass is 226 g/mol. The molecule has 1 aromatic carbocycles. The number of phenols is 1. The Morgan fingerprint density at radius 1 is 1.18 bits per heavy atom. The van der Waals surface area contributed by atoms with Crippen LogP contribution < -0.4 is 5.32 Å². The number of nitrogens with one attached hydrogen (secondary N) is 1. The molecule has 0 saturated carbocycles. The molecular formula is C14H14N2O. The largest absolute Gasteiger partial charge is 0.508 e. The van der Waals surface area contributed by atoms with E-state index in [1.54, 1.807) is 6.07 Å². The molecule has 0 spiro atoms. The molecule has 0 bridgehead atoms. The van der Waals surface area contributed by atoms with E-state index in [9.17, 15) is 5.11 Å². The fourth-order valence-corrected chi connectivity index (χ4v) is 2.40. The third kappa shape index (κ3) is 1.89. The third-order valence-electron chi connectivity index (χ3n) is 3.22. The Balaban J connectivity index is 2.06. The molecule has 1 atom stereocenters. The summed E-state index contributed by atoms with van der Waals surface area (Å²) in [5, 5.41) is 13.0. The summed E-state index contributed by atoms with van der Waals surface area (Å²) in [6.45, 7) is 0.934. The number of aromatic hydroxyl groups is 1. The van der Waals surface area contributed by atoms with Gasteiger partial charge in [-0.3, -0.25) is 4.98 Å². The second-order valence-electron chi connectivity index (χ2n) is 4.30. The lowest BCUT2D eigenvalue weighted by Crippen LogP contribution is -2.30. The molecule has 0 radical (unpaired) electrons. The van der Waals surface area contributed by atoms with Crippen LogP contribution in [-0.4, -0.2) is 16.6 Å². The predicted octanol–water partition coefficient (Wildman–Crippen LogP) is 2.02. The Bertz CT molecular complexity index is 525. The Hall–Kier alpha value is -1.87. The third-order valence-corrected chi connectivity index (χ3v) is 3.22. The van der Waals surface area contributed by atoms with E-state index in [2.05, 4.69) is 10.3 Å². The number of aromatic nitrogens is 1. The van der Waals surface area contributed by atoms with Gasteiger partial charge in [0.15, 0.2) is 0 Å². The first-order valence-corrected chi connectivity index (χ1v) is 5.80. The van der Waals surface area contributed by atoms with E-state index in [1.807, 2.05) is 36.7 Å². The Labute approximate surface area is 100 Å². The van der Waals surface area contributed by atoms with E-state index in [4.69, 9.17) is 0 Å². The van der Waals surface area contributed by atoms with Gasteiger partial charge in [0.1, 0.15) is 5.75 Å². The van der Waals surface area contributed by atoms with Gasteiger partial charge in [-0.2, -0.15) is 0 Å². The Morgan fingerprint density at radius 2 is 2.00 bits per heavy atom. The number of nitrogens with zero attached hydrogens (tertiary/aromatic N) is 1. The fourth-order valence-electron chi connectivity index (χ4n) is 2.40. The first-order valence-electron chi connectivity index (χ1n) is 5.80. The minimum atomic E-state index is 0.211. The summed E-state index contributed by atoms with van der Waals surface area (Å²) >= 11 is 0. The van der Waals surface area contributed by atoms with E-state index in [0.29, 0.717) is 5.75 Å². The van der Waals surface area contributed by atoms with Crippen molar-refractivity contribution in [3.63, 3.8) is 0 Å². The summed E-state index contributed by atoms with van der Waals surface area (Å²) in [4.78, 5) is 4.04. The molecule has 3 heteroatoms. The average molecular weight is 226 g/mol. The molecule has 2 aromatic rings. The van der Waals surface area contributed by atoms with Crippen LogP contribution >= 0.6 is 0 Å². The first kappa shape index (κ1) is 10.3. The van der Waals surface area contributed by atoms with Crippen molar-refractivity contribution in [2.45, 2.75) is 12.5 Å². The summed E-state index contributed by atoms with van der Waals surface area (Å²) < 4.78 is 0. The molecule has 1 aromatic heterocycles. The lowest BCUT2D eigenvalue weighted by Gasteiger charge is -2.27. The molecule has 17 heavy (non-hydrogen) atoms. The van der Waals surface area contributed by atoms with Gasteiger partial charge in [-0.1, -0.05) is 6.07 Å². The van der Waals surface area contributed by atoms with Crippen LogP contribution in [0.4, 0.5) is 0 Å². The van der Waals surface area contributed by atoms with Crippen LogP contribution in [0.15, 0.2) is 42.7 Å². The first-order chi connectivity index (χ1) is 8.34. The van der Waals surface area contributed by atoms with Crippen molar-refractivity contribution in [3.05, 3.63) is 59.4 Å². The van der Waals surface area contributed by atoms with Crippen LogP contribution in [0.5, 0.6) is 5.75 Å². The molecule has 3 rings (SSSR count). The summed E-state index contributed by atoms with van der Waals surface area (Å²) in [6, 6.07) is 9.88. The summed E-state index contributed by atoms with van der Waals surface area (Å²) in [6.07, 6.45) is 4.59. The van der Waals surface area contributed by atoms with E-state index in [-0.39, 0.29) is 6.04 Å². The molecule has 3 nitrogen and oxygen atoms in total. The van der Waals surface area contributed by atoms with Crippen LogP contribution in [0, 0.1) is 0 Å². The minimum Gasteiger partial charge on any atom is -0.508 e. The molecule has 1 aliphatic rings. The maximum Gasteiger partial charge on any atom is 0.115 e. The van der Waals surface area contributed by atoms with Gasteiger partial charge in [0, 0.05) is 18.9 Å². The fraction of sp³-hybridized carbons (Fsp3) is 0.214. The zero-order chi connectivity index (χ0) is 11.7. The lowest BCUT2D eigenvalue weighted by atomic mass is 9.90. The van der Waals surface area contributed by atoms with Crippen LogP contribution in [0.3, 0.4) is 0 Å². The minimum absolute atomic E-state index is 0.211. The van der Waals surface area contributed by atoms with Gasteiger partial charge in [-0.15, -0.1) is 0 Å². The molecule has 0 fully saturated rings. The number of rotatable bonds is 1. The quantitative estimate of drug-likeness (QED) is 0.782. The maximum atomic E-state index is 9.51. The number of benzene rings is 1. The molecule has 86 valence electrons. The van der Waals surface area contributed by atoms with Crippen molar-refractivity contribution >= 4 is 0 Å². The van der Waals surface area contributed by atoms with Gasteiger partial charge >= 0.3 is 0 Å². The average Bonchev–Trinajstić information content (AvgIpc) is 2.39. The highest BCUT2D eigenvalue weighted by Crippen LogP contribution is 2.30. The number of phenolic OH excluding ortho intramolecular Hbond substituents is 1. The zero-order valence-corrected chi connectivity index (χ0v) is 9.43. The van der Waals surface area contributed by atoms with Gasteiger partial charge in [0.2, 0.25) is 0 Å². The second-order valence-corrected chi connectivity index (χ2v) is 4.30. The number of hydrogen-bond acceptors (Lipinski definition) is 3. The second kappa shape index (κ2) is 4.18. The molecule has 0 saturated heterocycles. The standard InChI is InChI=1S/C14H14N2O/c17-12-1-2-13-11(9-12)5-8-16-14(13)10-3-6-15-7-4-10/h1-4,6-7,9,14,16-17H,5,8H2/t14-/m1/s1. The topological polar surface area (TPSA) is 45.1 Å². The molecule has 0 unspecified atom stereocenters. The molecule has 2 N–H and O–H groups in total.